The lowest BCUT2D eigenvalue weighted by Crippen LogP contribution is -2.30. The van der Waals surface area contributed by atoms with Gasteiger partial charge in [0.1, 0.15) is 0 Å². The average Bonchev–Trinajstić information content (AvgIpc) is 3.33. The highest BCUT2D eigenvalue weighted by atomic mass is 32.2. The number of pyridine rings is 1. The van der Waals surface area contributed by atoms with Gasteiger partial charge in [-0.3, -0.25) is 19.3 Å². The number of nitrogens with zero attached hydrogens (tertiary/aromatic N) is 1. The number of furan rings is 1. The highest BCUT2D eigenvalue weighted by Crippen LogP contribution is 2.15. The van der Waals surface area contributed by atoms with Crippen molar-refractivity contribution in [3.05, 3.63) is 113 Å². The molecule has 2 heterocycles. The van der Waals surface area contributed by atoms with Gasteiger partial charge in [-0.2, -0.15) is 0 Å². The maximum absolute atomic E-state index is 13.0. The number of anilines is 1. The molecule has 0 aliphatic carbocycles. The minimum Gasteiger partial charge on any atom is -0.459 e. The SMILES string of the molecule is C=S(=O)(NC(=O)c1cncc(C#Cc2cccc(NC(=O)c3occc3C)c2)c1)c1ccc(CO)cc1. The molecule has 4 rings (SSSR count). The zero-order valence-electron chi connectivity index (χ0n) is 19.9. The van der Waals surface area contributed by atoms with Crippen LogP contribution in [0.4, 0.5) is 5.69 Å². The minimum absolute atomic E-state index is 0.145. The molecule has 2 amide bonds. The van der Waals surface area contributed by atoms with Crippen LogP contribution >= 0.6 is 0 Å². The van der Waals surface area contributed by atoms with Gasteiger partial charge in [0.25, 0.3) is 11.8 Å². The predicted molar refractivity (Wildman–Crippen MR) is 141 cm³/mol. The number of amides is 2. The summed E-state index contributed by atoms with van der Waals surface area (Å²) in [4.78, 5) is 29.5. The van der Waals surface area contributed by atoms with Gasteiger partial charge in [-0.05, 0) is 60.8 Å². The van der Waals surface area contributed by atoms with E-state index >= 15 is 0 Å². The Morgan fingerprint density at radius 3 is 2.49 bits per heavy atom. The molecule has 0 bridgehead atoms. The first-order valence-electron chi connectivity index (χ1n) is 11.1. The van der Waals surface area contributed by atoms with Crippen LogP contribution in [-0.4, -0.2) is 32.0 Å². The summed E-state index contributed by atoms with van der Waals surface area (Å²) in [5.41, 5.74) is 3.22. The molecule has 0 saturated carbocycles. The summed E-state index contributed by atoms with van der Waals surface area (Å²) in [6, 6.07) is 16.6. The van der Waals surface area contributed by atoms with Crippen LogP contribution in [0.25, 0.3) is 0 Å². The summed E-state index contributed by atoms with van der Waals surface area (Å²) in [6.45, 7) is 1.64. The second kappa shape index (κ2) is 11.0. The number of aliphatic hydroxyl groups excluding tert-OH is 1. The average molecular weight is 514 g/mol. The van der Waals surface area contributed by atoms with Crippen molar-refractivity contribution in [3.8, 4) is 11.8 Å². The summed E-state index contributed by atoms with van der Waals surface area (Å²) < 4.78 is 20.6. The van der Waals surface area contributed by atoms with Gasteiger partial charge in [0, 0.05) is 39.7 Å². The Labute approximate surface area is 214 Å². The molecule has 37 heavy (non-hydrogen) atoms. The van der Waals surface area contributed by atoms with Crippen LogP contribution in [-0.2, 0) is 16.3 Å². The molecule has 1 atom stereocenters. The van der Waals surface area contributed by atoms with Gasteiger partial charge in [-0.15, -0.1) is 0 Å². The molecule has 9 heteroatoms. The lowest BCUT2D eigenvalue weighted by atomic mass is 10.1. The topological polar surface area (TPSA) is 122 Å². The molecule has 3 N–H and O–H groups in total. The van der Waals surface area contributed by atoms with Crippen molar-refractivity contribution in [1.29, 1.82) is 0 Å². The molecule has 4 aromatic rings. The van der Waals surface area contributed by atoms with E-state index < -0.39 is 15.6 Å². The van der Waals surface area contributed by atoms with Crippen molar-refractivity contribution in [3.63, 3.8) is 0 Å². The number of hydrogen-bond donors (Lipinski definition) is 3. The third-order valence-electron chi connectivity index (χ3n) is 5.28. The summed E-state index contributed by atoms with van der Waals surface area (Å²) >= 11 is 0. The normalized spacial score (nSPS) is 12.1. The van der Waals surface area contributed by atoms with Gasteiger partial charge >= 0.3 is 0 Å². The Bertz CT molecular complexity index is 1630. The molecule has 0 fully saturated rings. The molecule has 0 saturated heterocycles. The number of nitrogens with one attached hydrogen (secondary N) is 2. The molecule has 2 aromatic carbocycles. The van der Waals surface area contributed by atoms with Crippen LogP contribution < -0.4 is 10.0 Å². The molecule has 0 aliphatic rings. The van der Waals surface area contributed by atoms with Crippen molar-refractivity contribution < 1.29 is 23.3 Å². The number of carbonyl (C=O) groups excluding carboxylic acids is 2. The Kier molecular flexibility index (Phi) is 7.53. The van der Waals surface area contributed by atoms with Crippen molar-refractivity contribution in [2.75, 3.05) is 5.32 Å². The maximum atomic E-state index is 13.0. The monoisotopic (exact) mass is 513 g/mol. The van der Waals surface area contributed by atoms with E-state index in [2.05, 4.69) is 32.7 Å². The molecule has 0 aliphatic heterocycles. The summed E-state index contributed by atoms with van der Waals surface area (Å²) in [5, 5.41) is 11.9. The lowest BCUT2D eigenvalue weighted by molar-refractivity contribution is 0.0978. The van der Waals surface area contributed by atoms with Crippen LogP contribution in [0.15, 0.2) is 88.6 Å². The predicted octanol–water partition coefficient (Wildman–Crippen LogP) is 3.55. The van der Waals surface area contributed by atoms with Crippen LogP contribution in [0.1, 0.15) is 43.2 Å². The highest BCUT2D eigenvalue weighted by molar-refractivity contribution is 7.99. The van der Waals surface area contributed by atoms with E-state index in [1.807, 2.05) is 0 Å². The first-order chi connectivity index (χ1) is 17.7. The molecule has 186 valence electrons. The number of rotatable bonds is 6. The second-order valence-corrected chi connectivity index (χ2v) is 10.1. The van der Waals surface area contributed by atoms with Crippen LogP contribution in [0.2, 0.25) is 0 Å². The zero-order chi connectivity index (χ0) is 26.4. The number of benzene rings is 2. The Morgan fingerprint density at radius 2 is 1.78 bits per heavy atom. The van der Waals surface area contributed by atoms with Crippen LogP contribution in [0.3, 0.4) is 0 Å². The highest BCUT2D eigenvalue weighted by Gasteiger charge is 2.15. The Morgan fingerprint density at radius 1 is 1.03 bits per heavy atom. The molecule has 0 spiro atoms. The van der Waals surface area contributed by atoms with E-state index in [0.29, 0.717) is 27.3 Å². The molecule has 0 radical (unpaired) electrons. The molecule has 2 aromatic heterocycles. The van der Waals surface area contributed by atoms with E-state index in [4.69, 9.17) is 9.52 Å². The van der Waals surface area contributed by atoms with Crippen LogP contribution in [0, 0.1) is 18.8 Å². The fourth-order valence-corrected chi connectivity index (χ4v) is 4.44. The van der Waals surface area contributed by atoms with Gasteiger partial charge in [-0.25, -0.2) is 4.21 Å². The number of aryl methyl sites for hydroxylation is 1. The van der Waals surface area contributed by atoms with E-state index in [-0.39, 0.29) is 23.8 Å². The lowest BCUT2D eigenvalue weighted by Gasteiger charge is -2.12. The van der Waals surface area contributed by atoms with Gasteiger partial charge < -0.3 is 14.8 Å². The largest absolute Gasteiger partial charge is 0.459 e. The number of carbonyl (C=O) groups is 2. The Balaban J connectivity index is 1.47. The first kappa shape index (κ1) is 25.4. The summed E-state index contributed by atoms with van der Waals surface area (Å²) in [5.74, 6) is 8.86. The van der Waals surface area contributed by atoms with Gasteiger partial charge in [-0.1, -0.05) is 30.0 Å². The van der Waals surface area contributed by atoms with Crippen molar-refractivity contribution in [2.24, 2.45) is 0 Å². The van der Waals surface area contributed by atoms with Gasteiger partial charge in [0.15, 0.2) is 5.76 Å². The van der Waals surface area contributed by atoms with E-state index in [1.165, 1.54) is 24.7 Å². The molecular weight excluding hydrogens is 490 g/mol. The molecule has 1 unspecified atom stereocenters. The summed E-state index contributed by atoms with van der Waals surface area (Å²) in [7, 11) is -3.12. The molecular formula is C28H23N3O5S. The summed E-state index contributed by atoms with van der Waals surface area (Å²) in [6.07, 6.45) is 4.31. The van der Waals surface area contributed by atoms with Gasteiger partial charge in [0.2, 0.25) is 0 Å². The number of hydrogen-bond acceptors (Lipinski definition) is 6. The van der Waals surface area contributed by atoms with Crippen molar-refractivity contribution >= 4 is 33.1 Å². The van der Waals surface area contributed by atoms with E-state index in [0.717, 1.165) is 5.56 Å². The fourth-order valence-electron chi connectivity index (χ4n) is 3.33. The fraction of sp³-hybridized carbons (Fsp3) is 0.0714. The third kappa shape index (κ3) is 6.32. The molecule has 8 nitrogen and oxygen atoms in total. The Hall–Kier alpha value is -4.65. The zero-order valence-corrected chi connectivity index (χ0v) is 20.7. The minimum atomic E-state index is -3.12. The number of aliphatic hydroxyl groups is 1. The third-order valence-corrected chi connectivity index (χ3v) is 6.83. The van der Waals surface area contributed by atoms with E-state index in [9.17, 15) is 13.8 Å². The quantitative estimate of drug-likeness (QED) is 0.268. The first-order valence-corrected chi connectivity index (χ1v) is 12.8. The van der Waals surface area contributed by atoms with Crippen molar-refractivity contribution in [1.82, 2.24) is 9.71 Å². The van der Waals surface area contributed by atoms with Crippen LogP contribution in [0.5, 0.6) is 0 Å². The maximum Gasteiger partial charge on any atom is 0.291 e. The standard InChI is InChI=1S/C28H23N3O5S/c1-19-12-13-36-26(19)28(34)30-24-5-3-4-20(15-24)6-7-22-14-23(17-29-16-22)27(33)31-37(2,35)25-10-8-21(18-32)9-11-25/h3-5,8-17,32H,2,18H2,1H3,(H,30,34)(H,31,33,35). The smallest absolute Gasteiger partial charge is 0.291 e. The van der Waals surface area contributed by atoms with Gasteiger partial charge in [0.05, 0.1) is 28.1 Å². The van der Waals surface area contributed by atoms with Crippen molar-refractivity contribution in [2.45, 2.75) is 18.4 Å². The number of aromatic nitrogens is 1. The second-order valence-electron chi connectivity index (χ2n) is 8.09. The van der Waals surface area contributed by atoms with E-state index in [1.54, 1.807) is 61.5 Å².